The molecule has 0 spiro atoms. The molecule has 1 atom stereocenters. The third-order valence-corrected chi connectivity index (χ3v) is 5.96. The number of carbonyl (C=O) groups excluding carboxylic acids is 2. The van der Waals surface area contributed by atoms with Crippen LogP contribution in [0.15, 0.2) is 49.6 Å². The first kappa shape index (κ1) is 39.1. The molecule has 0 radical (unpaired) electrons. The van der Waals surface area contributed by atoms with E-state index in [0.29, 0.717) is 17.3 Å². The summed E-state index contributed by atoms with van der Waals surface area (Å²) in [5.41, 5.74) is 5.81. The van der Waals surface area contributed by atoms with Gasteiger partial charge >= 0.3 is 0 Å². The van der Waals surface area contributed by atoms with Crippen LogP contribution in [0.3, 0.4) is 0 Å². The molecule has 5 nitrogen and oxygen atoms in total. The van der Waals surface area contributed by atoms with Crippen LogP contribution in [-0.2, 0) is 11.3 Å². The Kier molecular flexibility index (Phi) is 23.3. The van der Waals surface area contributed by atoms with Crippen molar-refractivity contribution in [2.45, 2.75) is 100 Å². The molecule has 1 unspecified atom stereocenters. The van der Waals surface area contributed by atoms with Gasteiger partial charge < -0.3 is 10.6 Å². The molecule has 1 aliphatic heterocycles. The van der Waals surface area contributed by atoms with Gasteiger partial charge in [-0.1, -0.05) is 97.5 Å². The average Bonchev–Trinajstić information content (AvgIpc) is 3.48. The lowest BCUT2D eigenvalue weighted by atomic mass is 10.0. The fraction of sp³-hybridized carbons (Fsp3) is 0.486. The predicted octanol–water partition coefficient (Wildman–Crippen LogP) is 8.78. The zero-order valence-corrected chi connectivity index (χ0v) is 27.1. The Hall–Kier alpha value is -3.02. The molecule has 224 valence electrons. The number of carbonyl (C=O) groups is 2. The summed E-state index contributed by atoms with van der Waals surface area (Å²) in [6.45, 7) is 27.8. The van der Waals surface area contributed by atoms with Gasteiger partial charge in [0.2, 0.25) is 5.91 Å². The molecule has 0 aromatic heterocycles. The van der Waals surface area contributed by atoms with E-state index in [2.05, 4.69) is 62.5 Å². The maximum atomic E-state index is 12.4. The van der Waals surface area contributed by atoms with Crippen LogP contribution in [0.25, 0.3) is 12.2 Å². The molecular formula is C35H57N3O2. The fourth-order valence-corrected chi connectivity index (χ4v) is 4.16. The summed E-state index contributed by atoms with van der Waals surface area (Å²) in [5.74, 6) is 0.0249. The van der Waals surface area contributed by atoms with E-state index in [-0.39, 0.29) is 11.9 Å². The van der Waals surface area contributed by atoms with Gasteiger partial charge in [-0.05, 0) is 81.6 Å². The first-order valence-corrected chi connectivity index (χ1v) is 14.9. The second-order valence-electron chi connectivity index (χ2n) is 9.23. The molecule has 2 N–H and O–H groups in total. The number of hydrogen-bond acceptors (Lipinski definition) is 4. The van der Waals surface area contributed by atoms with Crippen LogP contribution < -0.4 is 10.6 Å². The van der Waals surface area contributed by atoms with Crippen LogP contribution in [0.2, 0.25) is 0 Å². The maximum Gasteiger partial charge on any atom is 0.241 e. The Balaban J connectivity index is 0. The highest BCUT2D eigenvalue weighted by molar-refractivity contribution is 5.96. The van der Waals surface area contributed by atoms with Crippen LogP contribution in [-0.4, -0.2) is 42.8 Å². The minimum absolute atomic E-state index is 0.0249. The van der Waals surface area contributed by atoms with Gasteiger partial charge in [0.15, 0.2) is 0 Å². The molecule has 1 heterocycles. The third kappa shape index (κ3) is 13.4. The molecule has 0 bridgehead atoms. The highest BCUT2D eigenvalue weighted by Gasteiger charge is 2.32. The molecule has 3 rings (SSSR count). The summed E-state index contributed by atoms with van der Waals surface area (Å²) in [6, 6.07) is 11.9. The predicted molar refractivity (Wildman–Crippen MR) is 178 cm³/mol. The summed E-state index contributed by atoms with van der Waals surface area (Å²) in [7, 11) is 1.94. The number of anilines is 1. The van der Waals surface area contributed by atoms with Crippen LogP contribution in [0.5, 0.6) is 0 Å². The van der Waals surface area contributed by atoms with E-state index in [1.807, 2.05) is 78.1 Å². The molecule has 1 saturated heterocycles. The van der Waals surface area contributed by atoms with E-state index in [0.717, 1.165) is 43.3 Å². The van der Waals surface area contributed by atoms with Crippen LogP contribution in [0.1, 0.15) is 107 Å². The number of aryl methyl sites for hydroxylation is 1. The number of amides is 1. The Morgan fingerprint density at radius 3 is 2.17 bits per heavy atom. The minimum atomic E-state index is -0.0593. The van der Waals surface area contributed by atoms with Crippen molar-refractivity contribution in [2.75, 3.05) is 18.9 Å². The number of aldehydes is 1. The molecule has 0 saturated carbocycles. The second kappa shape index (κ2) is 23.8. The third-order valence-electron chi connectivity index (χ3n) is 5.96. The normalized spacial score (nSPS) is 13.5. The van der Waals surface area contributed by atoms with E-state index in [4.69, 9.17) is 0 Å². The van der Waals surface area contributed by atoms with Crippen molar-refractivity contribution in [3.8, 4) is 0 Å². The van der Waals surface area contributed by atoms with Crippen molar-refractivity contribution in [3.05, 3.63) is 77.4 Å². The number of likely N-dealkylation sites (tertiary alicyclic amines) is 1. The number of hydrogen-bond donors (Lipinski definition) is 2. The highest BCUT2D eigenvalue weighted by atomic mass is 16.2. The number of benzene rings is 2. The first-order valence-electron chi connectivity index (χ1n) is 14.9. The van der Waals surface area contributed by atoms with E-state index in [1.54, 1.807) is 6.07 Å². The van der Waals surface area contributed by atoms with Gasteiger partial charge in [-0.15, -0.1) is 0 Å². The van der Waals surface area contributed by atoms with Gasteiger partial charge in [0, 0.05) is 23.8 Å². The number of rotatable bonds is 8. The molecule has 1 amide bonds. The molecule has 1 fully saturated rings. The van der Waals surface area contributed by atoms with E-state index < -0.39 is 0 Å². The van der Waals surface area contributed by atoms with Gasteiger partial charge in [-0.2, -0.15) is 0 Å². The molecular weight excluding hydrogens is 494 g/mol. The van der Waals surface area contributed by atoms with Gasteiger partial charge in [-0.25, -0.2) is 0 Å². The summed E-state index contributed by atoms with van der Waals surface area (Å²) < 4.78 is 0. The number of nitrogens with one attached hydrogen (secondary N) is 2. The summed E-state index contributed by atoms with van der Waals surface area (Å²) >= 11 is 0. The Labute approximate surface area is 246 Å². The smallest absolute Gasteiger partial charge is 0.241 e. The molecule has 0 aliphatic carbocycles. The van der Waals surface area contributed by atoms with E-state index >= 15 is 0 Å². The SMILES string of the molecule is C=Cc1cccc(CNC)c1C=C.CC.CC.CCC.Cc1ccc(NC(=O)C2CCCN2C(C)C)cc1C=O. The van der Waals surface area contributed by atoms with Crippen molar-refractivity contribution >= 4 is 30.0 Å². The Morgan fingerprint density at radius 2 is 1.68 bits per heavy atom. The van der Waals surface area contributed by atoms with Crippen molar-refractivity contribution in [1.82, 2.24) is 10.2 Å². The Bertz CT molecular complexity index is 998. The van der Waals surface area contributed by atoms with E-state index in [1.165, 1.54) is 17.5 Å². The number of nitrogens with zero attached hydrogens (tertiary/aromatic N) is 1. The van der Waals surface area contributed by atoms with Crippen LogP contribution >= 0.6 is 0 Å². The van der Waals surface area contributed by atoms with Gasteiger partial charge in [0.1, 0.15) is 6.29 Å². The van der Waals surface area contributed by atoms with Gasteiger partial charge in [-0.3, -0.25) is 14.5 Å². The van der Waals surface area contributed by atoms with Crippen LogP contribution in [0.4, 0.5) is 5.69 Å². The first-order chi connectivity index (χ1) is 19.3. The van der Waals surface area contributed by atoms with Crippen LogP contribution in [0, 0.1) is 6.92 Å². The van der Waals surface area contributed by atoms with Gasteiger partial charge in [0.25, 0.3) is 0 Å². The topological polar surface area (TPSA) is 61.4 Å². The second-order valence-corrected chi connectivity index (χ2v) is 9.23. The van der Waals surface area contributed by atoms with Crippen molar-refractivity contribution < 1.29 is 9.59 Å². The fourth-order valence-electron chi connectivity index (χ4n) is 4.16. The standard InChI is InChI=1S/C16H22N2O2.C12H15N.C3H8.2C2H6/c1-11(2)18-8-4-5-15(18)16(20)17-14-7-6-12(3)13(9-14)10-19;1-4-10-7-6-8-11(9-13-3)12(10)5-2;1-3-2;2*1-2/h6-7,9-11,15H,4-5,8H2,1-3H3,(H,17,20);4-8,13H,1-2,9H2,3H3;3H2,1-2H3;2*1-2H3. The molecule has 1 aliphatic rings. The highest BCUT2D eigenvalue weighted by Crippen LogP contribution is 2.22. The molecule has 5 heteroatoms. The molecule has 2 aromatic carbocycles. The zero-order valence-electron chi connectivity index (χ0n) is 27.1. The van der Waals surface area contributed by atoms with Crippen molar-refractivity contribution in [2.24, 2.45) is 0 Å². The van der Waals surface area contributed by atoms with Gasteiger partial charge in [0.05, 0.1) is 6.04 Å². The van der Waals surface area contributed by atoms with Crippen molar-refractivity contribution in [1.29, 1.82) is 0 Å². The molecule has 2 aromatic rings. The summed E-state index contributed by atoms with van der Waals surface area (Å²) in [6.07, 6.45) is 7.76. The van der Waals surface area contributed by atoms with E-state index in [9.17, 15) is 9.59 Å². The quantitative estimate of drug-likeness (QED) is 0.322. The maximum absolute atomic E-state index is 12.4. The lowest BCUT2D eigenvalue weighted by molar-refractivity contribution is -0.120. The summed E-state index contributed by atoms with van der Waals surface area (Å²) in [4.78, 5) is 25.5. The molecule has 40 heavy (non-hydrogen) atoms. The largest absolute Gasteiger partial charge is 0.325 e. The lowest BCUT2D eigenvalue weighted by Crippen LogP contribution is -2.43. The average molecular weight is 552 g/mol. The monoisotopic (exact) mass is 551 g/mol. The summed E-state index contributed by atoms with van der Waals surface area (Å²) in [5, 5.41) is 6.06. The lowest BCUT2D eigenvalue weighted by Gasteiger charge is -2.27. The van der Waals surface area contributed by atoms with Crippen molar-refractivity contribution in [3.63, 3.8) is 0 Å². The zero-order chi connectivity index (χ0) is 31.1. The minimum Gasteiger partial charge on any atom is -0.325 e. The Morgan fingerprint density at radius 1 is 1.05 bits per heavy atom.